The molecule has 0 saturated heterocycles. The first-order valence-corrected chi connectivity index (χ1v) is 8.06. The average molecular weight is 286 g/mol. The molecule has 0 saturated carbocycles. The van der Waals surface area contributed by atoms with Crippen molar-refractivity contribution in [2.75, 3.05) is 42.4 Å². The van der Waals surface area contributed by atoms with Crippen LogP contribution in [0, 0.1) is 13.8 Å². The number of aromatic nitrogens is 2. The SMILES string of the molecule is CCS(=O)(=O)CCNc1nc(N(C)C)nc(C)c1C. The maximum Gasteiger partial charge on any atom is 0.227 e. The van der Waals surface area contributed by atoms with Gasteiger partial charge in [0.15, 0.2) is 9.84 Å². The zero-order valence-electron chi connectivity index (χ0n) is 12.2. The third-order valence-corrected chi connectivity index (χ3v) is 4.63. The van der Waals surface area contributed by atoms with Crippen LogP contribution in [0.1, 0.15) is 18.2 Å². The Morgan fingerprint density at radius 1 is 1.21 bits per heavy atom. The fourth-order valence-corrected chi connectivity index (χ4v) is 2.16. The molecule has 0 amide bonds. The zero-order chi connectivity index (χ0) is 14.6. The number of aryl methyl sites for hydroxylation is 1. The highest BCUT2D eigenvalue weighted by Gasteiger charge is 2.11. The van der Waals surface area contributed by atoms with Crippen LogP contribution in [-0.2, 0) is 9.84 Å². The quantitative estimate of drug-likeness (QED) is 0.841. The lowest BCUT2D eigenvalue weighted by atomic mass is 10.2. The molecule has 0 atom stereocenters. The van der Waals surface area contributed by atoms with Gasteiger partial charge < -0.3 is 10.2 Å². The minimum Gasteiger partial charge on any atom is -0.369 e. The molecule has 0 fully saturated rings. The van der Waals surface area contributed by atoms with Crippen molar-refractivity contribution in [2.24, 2.45) is 0 Å². The van der Waals surface area contributed by atoms with Gasteiger partial charge in [-0.2, -0.15) is 4.98 Å². The summed E-state index contributed by atoms with van der Waals surface area (Å²) in [6.45, 7) is 5.85. The fourth-order valence-electron chi connectivity index (χ4n) is 1.46. The van der Waals surface area contributed by atoms with Gasteiger partial charge in [0.1, 0.15) is 5.82 Å². The van der Waals surface area contributed by atoms with E-state index in [-0.39, 0.29) is 11.5 Å². The zero-order valence-corrected chi connectivity index (χ0v) is 13.0. The summed E-state index contributed by atoms with van der Waals surface area (Å²) < 4.78 is 22.9. The van der Waals surface area contributed by atoms with E-state index in [4.69, 9.17) is 0 Å². The van der Waals surface area contributed by atoms with Crippen LogP contribution in [-0.4, -0.2) is 50.5 Å². The Kier molecular flexibility index (Phi) is 5.11. The van der Waals surface area contributed by atoms with Gasteiger partial charge in [-0.15, -0.1) is 0 Å². The molecule has 19 heavy (non-hydrogen) atoms. The second-order valence-electron chi connectivity index (χ2n) is 4.64. The van der Waals surface area contributed by atoms with Crippen molar-refractivity contribution in [3.05, 3.63) is 11.3 Å². The molecule has 0 unspecified atom stereocenters. The van der Waals surface area contributed by atoms with Gasteiger partial charge >= 0.3 is 0 Å². The Bertz CT molecular complexity index is 541. The summed E-state index contributed by atoms with van der Waals surface area (Å²) in [6.07, 6.45) is 0. The molecule has 6 nitrogen and oxygen atoms in total. The second-order valence-corrected chi connectivity index (χ2v) is 7.11. The van der Waals surface area contributed by atoms with Gasteiger partial charge in [-0.1, -0.05) is 6.92 Å². The Hall–Kier alpha value is -1.37. The maximum absolute atomic E-state index is 11.4. The van der Waals surface area contributed by atoms with Gasteiger partial charge in [0.2, 0.25) is 5.95 Å². The van der Waals surface area contributed by atoms with E-state index in [0.29, 0.717) is 18.3 Å². The van der Waals surface area contributed by atoms with E-state index >= 15 is 0 Å². The van der Waals surface area contributed by atoms with Crippen molar-refractivity contribution in [1.29, 1.82) is 0 Å². The van der Waals surface area contributed by atoms with Crippen molar-refractivity contribution in [3.8, 4) is 0 Å². The second kappa shape index (κ2) is 6.18. The molecule has 0 spiro atoms. The lowest BCUT2D eigenvalue weighted by Gasteiger charge is -2.15. The molecule has 0 aliphatic heterocycles. The summed E-state index contributed by atoms with van der Waals surface area (Å²) in [5, 5.41) is 3.08. The first kappa shape index (κ1) is 15.7. The van der Waals surface area contributed by atoms with Crippen LogP contribution >= 0.6 is 0 Å². The Balaban J connectivity index is 2.83. The van der Waals surface area contributed by atoms with Crippen molar-refractivity contribution in [2.45, 2.75) is 20.8 Å². The van der Waals surface area contributed by atoms with Gasteiger partial charge in [0.05, 0.1) is 5.75 Å². The van der Waals surface area contributed by atoms with Crippen LogP contribution in [0.15, 0.2) is 0 Å². The highest BCUT2D eigenvalue weighted by atomic mass is 32.2. The third kappa shape index (κ3) is 4.34. The van der Waals surface area contributed by atoms with Crippen LogP contribution in [0.4, 0.5) is 11.8 Å². The summed E-state index contributed by atoms with van der Waals surface area (Å²) >= 11 is 0. The number of sulfone groups is 1. The summed E-state index contributed by atoms with van der Waals surface area (Å²) in [5.41, 5.74) is 1.83. The average Bonchev–Trinajstić information content (AvgIpc) is 2.33. The molecule has 1 heterocycles. The van der Waals surface area contributed by atoms with E-state index in [9.17, 15) is 8.42 Å². The first-order chi connectivity index (χ1) is 8.76. The molecule has 1 rings (SSSR count). The molecule has 1 aromatic heterocycles. The Labute approximate surface area is 115 Å². The molecule has 1 aromatic rings. The van der Waals surface area contributed by atoms with E-state index in [1.165, 1.54) is 0 Å². The molecule has 0 radical (unpaired) electrons. The lowest BCUT2D eigenvalue weighted by molar-refractivity contribution is 0.597. The van der Waals surface area contributed by atoms with Crippen molar-refractivity contribution >= 4 is 21.6 Å². The number of hydrogen-bond acceptors (Lipinski definition) is 6. The van der Waals surface area contributed by atoms with Gasteiger partial charge in [0.25, 0.3) is 0 Å². The minimum atomic E-state index is -2.96. The molecule has 0 aromatic carbocycles. The normalized spacial score (nSPS) is 11.4. The Morgan fingerprint density at radius 2 is 1.84 bits per heavy atom. The largest absolute Gasteiger partial charge is 0.369 e. The van der Waals surface area contributed by atoms with Crippen molar-refractivity contribution < 1.29 is 8.42 Å². The van der Waals surface area contributed by atoms with E-state index in [2.05, 4.69) is 15.3 Å². The van der Waals surface area contributed by atoms with Crippen LogP contribution < -0.4 is 10.2 Å². The molecule has 7 heteroatoms. The first-order valence-electron chi connectivity index (χ1n) is 6.23. The summed E-state index contributed by atoms with van der Waals surface area (Å²) in [6, 6.07) is 0. The fraction of sp³-hybridized carbons (Fsp3) is 0.667. The summed E-state index contributed by atoms with van der Waals surface area (Å²) in [7, 11) is 0.786. The van der Waals surface area contributed by atoms with Gasteiger partial charge in [-0.3, -0.25) is 0 Å². The predicted molar refractivity (Wildman–Crippen MR) is 78.7 cm³/mol. The molecule has 0 bridgehead atoms. The lowest BCUT2D eigenvalue weighted by Crippen LogP contribution is -2.20. The van der Waals surface area contributed by atoms with Crippen LogP contribution in [0.25, 0.3) is 0 Å². The number of rotatable bonds is 6. The summed E-state index contributed by atoms with van der Waals surface area (Å²) in [4.78, 5) is 10.6. The third-order valence-electron chi connectivity index (χ3n) is 2.92. The minimum absolute atomic E-state index is 0.114. The molecule has 0 aliphatic carbocycles. The van der Waals surface area contributed by atoms with E-state index < -0.39 is 9.84 Å². The number of hydrogen-bond donors (Lipinski definition) is 1. The maximum atomic E-state index is 11.4. The topological polar surface area (TPSA) is 75.2 Å². The molecular formula is C12H22N4O2S. The molecular weight excluding hydrogens is 264 g/mol. The molecule has 108 valence electrons. The van der Waals surface area contributed by atoms with Crippen molar-refractivity contribution in [3.63, 3.8) is 0 Å². The predicted octanol–water partition coefficient (Wildman–Crippen LogP) is 1.01. The highest BCUT2D eigenvalue weighted by Crippen LogP contribution is 2.17. The Morgan fingerprint density at radius 3 is 2.37 bits per heavy atom. The van der Waals surface area contributed by atoms with Crippen LogP contribution in [0.3, 0.4) is 0 Å². The van der Waals surface area contributed by atoms with Gasteiger partial charge in [0, 0.05) is 37.7 Å². The van der Waals surface area contributed by atoms with E-state index in [0.717, 1.165) is 11.3 Å². The van der Waals surface area contributed by atoms with E-state index in [1.54, 1.807) is 6.92 Å². The number of nitrogens with zero attached hydrogens (tertiary/aromatic N) is 3. The monoisotopic (exact) mass is 286 g/mol. The smallest absolute Gasteiger partial charge is 0.227 e. The van der Waals surface area contributed by atoms with Crippen molar-refractivity contribution in [1.82, 2.24) is 9.97 Å². The van der Waals surface area contributed by atoms with Gasteiger partial charge in [-0.25, -0.2) is 13.4 Å². The van der Waals surface area contributed by atoms with E-state index in [1.807, 2.05) is 32.8 Å². The summed E-state index contributed by atoms with van der Waals surface area (Å²) in [5.74, 6) is 1.59. The number of anilines is 2. The molecule has 1 N–H and O–H groups in total. The van der Waals surface area contributed by atoms with Crippen LogP contribution in [0.2, 0.25) is 0 Å². The van der Waals surface area contributed by atoms with Crippen LogP contribution in [0.5, 0.6) is 0 Å². The number of nitrogens with one attached hydrogen (secondary N) is 1. The molecule has 0 aliphatic rings. The highest BCUT2D eigenvalue weighted by molar-refractivity contribution is 7.91. The standard InChI is InChI=1S/C12H22N4O2S/c1-6-19(17,18)8-7-13-11-9(2)10(3)14-12(15-11)16(4)5/h6-8H2,1-5H3,(H,13,14,15). The van der Waals surface area contributed by atoms with Gasteiger partial charge in [-0.05, 0) is 13.8 Å².